The summed E-state index contributed by atoms with van der Waals surface area (Å²) in [4.78, 5) is 24.0. The number of aromatic amines is 1. The number of aromatic nitrogens is 2. The second-order valence-corrected chi connectivity index (χ2v) is 5.64. The monoisotopic (exact) mass is 342 g/mol. The number of H-pyrrole nitrogens is 1. The van der Waals surface area contributed by atoms with E-state index in [4.69, 9.17) is 11.6 Å². The highest BCUT2D eigenvalue weighted by atomic mass is 35.5. The first kappa shape index (κ1) is 16.0. The van der Waals surface area contributed by atoms with Crippen molar-refractivity contribution in [2.24, 2.45) is 0 Å². The largest absolute Gasteiger partial charge is 0.350 e. The van der Waals surface area contributed by atoms with Crippen LogP contribution in [-0.4, -0.2) is 28.6 Å². The van der Waals surface area contributed by atoms with Gasteiger partial charge in [-0.05, 0) is 23.8 Å². The predicted molar refractivity (Wildman–Crippen MR) is 91.7 cm³/mol. The molecule has 2 aromatic carbocycles. The molecule has 0 saturated carbocycles. The quantitative estimate of drug-likeness (QED) is 0.664. The van der Waals surface area contributed by atoms with Crippen molar-refractivity contribution in [1.82, 2.24) is 20.8 Å². The zero-order valence-corrected chi connectivity index (χ0v) is 13.4. The number of amides is 2. The van der Waals surface area contributed by atoms with E-state index in [1.54, 1.807) is 18.2 Å². The summed E-state index contributed by atoms with van der Waals surface area (Å²) in [5.74, 6) is -0.674. The van der Waals surface area contributed by atoms with Crippen LogP contribution in [0.25, 0.3) is 10.9 Å². The summed E-state index contributed by atoms with van der Waals surface area (Å²) in [6, 6.07) is 14.5. The van der Waals surface area contributed by atoms with Gasteiger partial charge in [0.05, 0.1) is 12.1 Å². The van der Waals surface area contributed by atoms with E-state index in [-0.39, 0.29) is 18.1 Å². The fourth-order valence-electron chi connectivity index (χ4n) is 2.25. The summed E-state index contributed by atoms with van der Waals surface area (Å²) in [5, 5.41) is 13.4. The highest BCUT2D eigenvalue weighted by Crippen LogP contribution is 2.14. The molecule has 1 aromatic heterocycles. The normalized spacial score (nSPS) is 10.5. The average molecular weight is 343 g/mol. The van der Waals surface area contributed by atoms with Gasteiger partial charge in [0.15, 0.2) is 5.69 Å². The summed E-state index contributed by atoms with van der Waals surface area (Å²) in [7, 11) is 0. The Morgan fingerprint density at radius 1 is 1.04 bits per heavy atom. The van der Waals surface area contributed by atoms with Gasteiger partial charge in [0.2, 0.25) is 5.91 Å². The van der Waals surface area contributed by atoms with Gasteiger partial charge in [-0.15, -0.1) is 0 Å². The van der Waals surface area contributed by atoms with Gasteiger partial charge < -0.3 is 10.6 Å². The van der Waals surface area contributed by atoms with Crippen LogP contribution < -0.4 is 10.6 Å². The van der Waals surface area contributed by atoms with Crippen molar-refractivity contribution in [1.29, 1.82) is 0 Å². The topological polar surface area (TPSA) is 86.9 Å². The van der Waals surface area contributed by atoms with Gasteiger partial charge >= 0.3 is 0 Å². The van der Waals surface area contributed by atoms with E-state index in [0.717, 1.165) is 16.5 Å². The minimum absolute atomic E-state index is 0.117. The lowest BCUT2D eigenvalue weighted by Crippen LogP contribution is -2.36. The number of nitrogens with one attached hydrogen (secondary N) is 3. The Kier molecular flexibility index (Phi) is 4.77. The molecular formula is C17H15ClN4O2. The number of para-hydroxylation sites is 1. The molecule has 3 rings (SSSR count). The molecule has 0 fully saturated rings. The maximum absolute atomic E-state index is 12.1. The standard InChI is InChI=1S/C17H15ClN4O2/c18-12-7-5-11(6-8-12)9-19-15(23)10-20-17(24)16-13-3-1-2-4-14(13)21-22-16/h1-8H,9-10H2,(H,19,23)(H,20,24)(H,21,22). The second kappa shape index (κ2) is 7.14. The van der Waals surface area contributed by atoms with E-state index in [2.05, 4.69) is 20.8 Å². The number of halogens is 1. The average Bonchev–Trinajstić information content (AvgIpc) is 3.03. The minimum Gasteiger partial charge on any atom is -0.350 e. The Morgan fingerprint density at radius 3 is 2.58 bits per heavy atom. The summed E-state index contributed by atoms with van der Waals surface area (Å²) in [6.45, 7) is 0.255. The lowest BCUT2D eigenvalue weighted by molar-refractivity contribution is -0.120. The lowest BCUT2D eigenvalue weighted by Gasteiger charge is -2.06. The van der Waals surface area contributed by atoms with E-state index < -0.39 is 5.91 Å². The maximum atomic E-state index is 12.1. The van der Waals surface area contributed by atoms with Crippen molar-refractivity contribution in [2.75, 3.05) is 6.54 Å². The van der Waals surface area contributed by atoms with Gasteiger partial charge in [-0.3, -0.25) is 14.7 Å². The van der Waals surface area contributed by atoms with E-state index in [1.807, 2.05) is 30.3 Å². The third kappa shape index (κ3) is 3.72. The molecule has 0 unspecified atom stereocenters. The van der Waals surface area contributed by atoms with Crippen LogP contribution in [0.2, 0.25) is 5.02 Å². The number of carbonyl (C=O) groups is 2. The van der Waals surface area contributed by atoms with Crippen molar-refractivity contribution in [2.45, 2.75) is 6.54 Å². The fourth-order valence-corrected chi connectivity index (χ4v) is 2.37. The zero-order valence-electron chi connectivity index (χ0n) is 12.7. The molecule has 24 heavy (non-hydrogen) atoms. The van der Waals surface area contributed by atoms with Crippen LogP contribution >= 0.6 is 11.6 Å². The van der Waals surface area contributed by atoms with Crippen LogP contribution in [-0.2, 0) is 11.3 Å². The molecule has 0 bridgehead atoms. The number of hydrogen-bond donors (Lipinski definition) is 3. The SMILES string of the molecule is O=C(CNC(=O)c1n[nH]c2ccccc12)NCc1ccc(Cl)cc1. The number of rotatable bonds is 5. The number of nitrogens with zero attached hydrogens (tertiary/aromatic N) is 1. The van der Waals surface area contributed by atoms with Gasteiger partial charge in [-0.2, -0.15) is 5.10 Å². The van der Waals surface area contributed by atoms with E-state index in [1.165, 1.54) is 0 Å². The van der Waals surface area contributed by atoms with Crippen molar-refractivity contribution >= 4 is 34.3 Å². The van der Waals surface area contributed by atoms with Gasteiger partial charge in [0.1, 0.15) is 0 Å². The Labute approximate surface area is 143 Å². The van der Waals surface area contributed by atoms with Crippen molar-refractivity contribution in [3.05, 3.63) is 64.8 Å². The zero-order chi connectivity index (χ0) is 16.9. The third-order valence-electron chi connectivity index (χ3n) is 3.50. The van der Waals surface area contributed by atoms with Crippen LogP contribution in [0.3, 0.4) is 0 Å². The highest BCUT2D eigenvalue weighted by molar-refractivity contribution is 6.30. The Hall–Kier alpha value is -2.86. The molecule has 3 aromatic rings. The first-order valence-electron chi connectivity index (χ1n) is 7.36. The van der Waals surface area contributed by atoms with Gasteiger partial charge in [-0.1, -0.05) is 41.9 Å². The van der Waals surface area contributed by atoms with Crippen LogP contribution in [0.15, 0.2) is 48.5 Å². The Bertz CT molecular complexity index is 874. The van der Waals surface area contributed by atoms with E-state index in [9.17, 15) is 9.59 Å². The Balaban J connectivity index is 1.52. The smallest absolute Gasteiger partial charge is 0.272 e. The molecule has 2 amide bonds. The second-order valence-electron chi connectivity index (χ2n) is 5.20. The number of carbonyl (C=O) groups excluding carboxylic acids is 2. The molecule has 7 heteroatoms. The van der Waals surface area contributed by atoms with Gasteiger partial charge in [-0.25, -0.2) is 0 Å². The van der Waals surface area contributed by atoms with E-state index in [0.29, 0.717) is 11.6 Å². The van der Waals surface area contributed by atoms with Crippen LogP contribution in [0.5, 0.6) is 0 Å². The predicted octanol–water partition coefficient (Wildman–Crippen LogP) is 2.26. The molecular weight excluding hydrogens is 328 g/mol. The fraction of sp³-hybridized carbons (Fsp3) is 0.118. The molecule has 6 nitrogen and oxygen atoms in total. The molecule has 0 spiro atoms. The summed E-state index contributed by atoms with van der Waals surface area (Å²) < 4.78 is 0. The van der Waals surface area contributed by atoms with Crippen LogP contribution in [0, 0.1) is 0 Å². The number of hydrogen-bond acceptors (Lipinski definition) is 3. The molecule has 0 aliphatic carbocycles. The molecule has 0 atom stereocenters. The van der Waals surface area contributed by atoms with Crippen LogP contribution in [0.1, 0.15) is 16.1 Å². The Morgan fingerprint density at radius 2 is 1.79 bits per heavy atom. The third-order valence-corrected chi connectivity index (χ3v) is 3.75. The van der Waals surface area contributed by atoms with E-state index >= 15 is 0 Å². The van der Waals surface area contributed by atoms with Crippen molar-refractivity contribution in [3.63, 3.8) is 0 Å². The highest BCUT2D eigenvalue weighted by Gasteiger charge is 2.14. The molecule has 0 aliphatic rings. The summed E-state index contributed by atoms with van der Waals surface area (Å²) in [5.41, 5.74) is 1.98. The first-order chi connectivity index (χ1) is 11.6. The van der Waals surface area contributed by atoms with Gasteiger partial charge in [0.25, 0.3) is 5.91 Å². The molecule has 3 N–H and O–H groups in total. The van der Waals surface area contributed by atoms with Crippen LogP contribution in [0.4, 0.5) is 0 Å². The van der Waals surface area contributed by atoms with Crippen molar-refractivity contribution in [3.8, 4) is 0 Å². The molecule has 0 aliphatic heterocycles. The molecule has 0 saturated heterocycles. The summed E-state index contributed by atoms with van der Waals surface area (Å²) >= 11 is 5.81. The lowest BCUT2D eigenvalue weighted by atomic mass is 10.2. The number of benzene rings is 2. The maximum Gasteiger partial charge on any atom is 0.272 e. The molecule has 1 heterocycles. The van der Waals surface area contributed by atoms with Gasteiger partial charge in [0, 0.05) is 17.0 Å². The summed E-state index contributed by atoms with van der Waals surface area (Å²) in [6.07, 6.45) is 0. The first-order valence-corrected chi connectivity index (χ1v) is 7.74. The number of fused-ring (bicyclic) bond motifs is 1. The minimum atomic E-state index is -0.394. The molecule has 122 valence electrons. The van der Waals surface area contributed by atoms with Crippen molar-refractivity contribution < 1.29 is 9.59 Å². The molecule has 0 radical (unpaired) electrons.